The van der Waals surface area contributed by atoms with Gasteiger partial charge in [0.2, 0.25) is 0 Å². The summed E-state index contributed by atoms with van der Waals surface area (Å²) in [7, 11) is 0. The fraction of sp³-hybridized carbons (Fsp3) is 0.500. The van der Waals surface area contributed by atoms with Crippen molar-refractivity contribution in [1.29, 1.82) is 0 Å². The van der Waals surface area contributed by atoms with Gasteiger partial charge in [-0.3, -0.25) is 9.69 Å². The minimum atomic E-state index is -0.671. The summed E-state index contributed by atoms with van der Waals surface area (Å²) in [5.41, 5.74) is 2.49. The van der Waals surface area contributed by atoms with Gasteiger partial charge in [-0.05, 0) is 37.1 Å². The molecular formula is C14H17NO2. The lowest BCUT2D eigenvalue weighted by Crippen LogP contribution is -2.40. The average Bonchev–Trinajstić information content (AvgIpc) is 2.55. The predicted molar refractivity (Wildman–Crippen MR) is 64.9 cm³/mol. The fourth-order valence-electron chi connectivity index (χ4n) is 3.39. The van der Waals surface area contributed by atoms with Crippen LogP contribution in [-0.2, 0) is 16.8 Å². The maximum absolute atomic E-state index is 11.2. The summed E-state index contributed by atoms with van der Waals surface area (Å²) >= 11 is 0. The molecule has 4 rings (SSSR count). The number of hydrogen-bond donors (Lipinski definition) is 1. The van der Waals surface area contributed by atoms with Gasteiger partial charge in [-0.15, -0.1) is 0 Å². The molecule has 1 N–H and O–H groups in total. The van der Waals surface area contributed by atoms with Gasteiger partial charge in [-0.1, -0.05) is 24.3 Å². The Bertz CT molecular complexity index is 447. The largest absolute Gasteiger partial charge is 0.481 e. The van der Waals surface area contributed by atoms with Gasteiger partial charge in [0.15, 0.2) is 0 Å². The molecule has 1 saturated heterocycles. The molecule has 1 fully saturated rings. The van der Waals surface area contributed by atoms with Crippen LogP contribution in [0.3, 0.4) is 0 Å². The second-order valence-electron chi connectivity index (χ2n) is 5.28. The van der Waals surface area contributed by atoms with Gasteiger partial charge in [0.1, 0.15) is 0 Å². The molecular weight excluding hydrogens is 214 g/mol. The average molecular weight is 231 g/mol. The first-order chi connectivity index (χ1) is 8.20. The van der Waals surface area contributed by atoms with Crippen molar-refractivity contribution >= 4 is 5.97 Å². The molecule has 17 heavy (non-hydrogen) atoms. The SMILES string of the molecule is O=C(O)CC12CCN(CC1)Cc1ccccc12. The Labute approximate surface area is 101 Å². The molecule has 0 radical (unpaired) electrons. The minimum Gasteiger partial charge on any atom is -0.481 e. The number of piperidine rings is 1. The molecule has 1 aromatic carbocycles. The number of aliphatic carboxylic acids is 1. The van der Waals surface area contributed by atoms with Crippen LogP contribution in [0, 0.1) is 0 Å². The summed E-state index contributed by atoms with van der Waals surface area (Å²) in [4.78, 5) is 13.6. The van der Waals surface area contributed by atoms with E-state index in [1.165, 1.54) is 11.1 Å². The normalized spacial score (nSPS) is 30.7. The molecule has 0 spiro atoms. The fourth-order valence-corrected chi connectivity index (χ4v) is 3.39. The maximum Gasteiger partial charge on any atom is 0.304 e. The zero-order valence-electron chi connectivity index (χ0n) is 9.85. The lowest BCUT2D eigenvalue weighted by Gasteiger charge is -2.37. The molecule has 0 aliphatic carbocycles. The van der Waals surface area contributed by atoms with E-state index in [0.29, 0.717) is 0 Å². The number of benzene rings is 1. The predicted octanol–water partition coefficient (Wildman–Crippen LogP) is 2.01. The van der Waals surface area contributed by atoms with Gasteiger partial charge in [0, 0.05) is 12.0 Å². The van der Waals surface area contributed by atoms with E-state index < -0.39 is 5.97 Å². The molecule has 3 aliphatic rings. The highest BCUT2D eigenvalue weighted by molar-refractivity contribution is 5.69. The van der Waals surface area contributed by atoms with Crippen molar-refractivity contribution in [3.8, 4) is 0 Å². The van der Waals surface area contributed by atoms with Crippen LogP contribution in [0.2, 0.25) is 0 Å². The second-order valence-corrected chi connectivity index (χ2v) is 5.28. The number of rotatable bonds is 2. The van der Waals surface area contributed by atoms with Crippen molar-refractivity contribution in [2.75, 3.05) is 13.1 Å². The Morgan fingerprint density at radius 2 is 2.00 bits per heavy atom. The number of hydrogen-bond acceptors (Lipinski definition) is 2. The Morgan fingerprint density at radius 3 is 2.71 bits per heavy atom. The topological polar surface area (TPSA) is 40.5 Å². The Hall–Kier alpha value is -1.35. The van der Waals surface area contributed by atoms with E-state index in [2.05, 4.69) is 23.1 Å². The van der Waals surface area contributed by atoms with Gasteiger partial charge < -0.3 is 5.11 Å². The van der Waals surface area contributed by atoms with Gasteiger partial charge in [0.05, 0.1) is 6.42 Å². The highest BCUT2D eigenvalue weighted by atomic mass is 16.4. The van der Waals surface area contributed by atoms with E-state index >= 15 is 0 Å². The molecule has 0 aromatic heterocycles. The van der Waals surface area contributed by atoms with E-state index in [0.717, 1.165) is 32.5 Å². The zero-order chi connectivity index (χ0) is 11.9. The van der Waals surface area contributed by atoms with E-state index in [1.807, 2.05) is 6.07 Å². The Kier molecular flexibility index (Phi) is 2.44. The summed E-state index contributed by atoms with van der Waals surface area (Å²) in [6, 6.07) is 8.37. The standard InChI is InChI=1S/C14H17NO2/c16-13(17)9-14-5-7-15(8-6-14)10-11-3-1-2-4-12(11)14/h1-4H,5-10H2,(H,16,17). The second kappa shape index (κ2) is 3.84. The summed E-state index contributed by atoms with van der Waals surface area (Å²) in [5, 5.41) is 9.18. The molecule has 3 nitrogen and oxygen atoms in total. The molecule has 3 aliphatic heterocycles. The summed E-state index contributed by atoms with van der Waals surface area (Å²) in [5.74, 6) is -0.671. The van der Waals surface area contributed by atoms with E-state index in [9.17, 15) is 9.90 Å². The smallest absolute Gasteiger partial charge is 0.304 e. The molecule has 3 heteroatoms. The van der Waals surface area contributed by atoms with Crippen LogP contribution in [0.5, 0.6) is 0 Å². The van der Waals surface area contributed by atoms with Crippen molar-refractivity contribution in [2.24, 2.45) is 0 Å². The van der Waals surface area contributed by atoms with Crippen molar-refractivity contribution in [3.63, 3.8) is 0 Å². The summed E-state index contributed by atoms with van der Waals surface area (Å²) in [6.45, 7) is 3.04. The molecule has 90 valence electrons. The van der Waals surface area contributed by atoms with Gasteiger partial charge in [-0.2, -0.15) is 0 Å². The Morgan fingerprint density at radius 1 is 1.29 bits per heavy atom. The van der Waals surface area contributed by atoms with Crippen LogP contribution in [0.25, 0.3) is 0 Å². The molecule has 0 atom stereocenters. The molecule has 2 bridgehead atoms. The van der Waals surface area contributed by atoms with Crippen LogP contribution in [0.15, 0.2) is 24.3 Å². The first kappa shape index (κ1) is 10.8. The third-order valence-corrected chi connectivity index (χ3v) is 4.29. The third-order valence-electron chi connectivity index (χ3n) is 4.29. The Balaban J connectivity index is 2.10. The van der Waals surface area contributed by atoms with Crippen LogP contribution in [0.1, 0.15) is 30.4 Å². The number of carboxylic acids is 1. The first-order valence-electron chi connectivity index (χ1n) is 6.22. The quantitative estimate of drug-likeness (QED) is 0.846. The summed E-state index contributed by atoms with van der Waals surface area (Å²) in [6.07, 6.45) is 2.24. The number of carboxylic acid groups (broad SMARTS) is 1. The lowest BCUT2D eigenvalue weighted by atomic mass is 9.70. The van der Waals surface area contributed by atoms with Crippen LogP contribution in [0.4, 0.5) is 0 Å². The highest BCUT2D eigenvalue weighted by Gasteiger charge is 2.41. The monoisotopic (exact) mass is 231 g/mol. The maximum atomic E-state index is 11.2. The summed E-state index contributed by atoms with van der Waals surface area (Å²) < 4.78 is 0. The van der Waals surface area contributed by atoms with E-state index in [-0.39, 0.29) is 11.8 Å². The van der Waals surface area contributed by atoms with E-state index in [4.69, 9.17) is 0 Å². The third kappa shape index (κ3) is 1.75. The van der Waals surface area contributed by atoms with Crippen molar-refractivity contribution in [1.82, 2.24) is 4.90 Å². The number of fused-ring (bicyclic) bond motifs is 2. The minimum absolute atomic E-state index is 0.116. The van der Waals surface area contributed by atoms with Crippen LogP contribution < -0.4 is 0 Å². The first-order valence-corrected chi connectivity index (χ1v) is 6.22. The van der Waals surface area contributed by atoms with Gasteiger partial charge in [0.25, 0.3) is 0 Å². The molecule has 0 unspecified atom stereocenters. The molecule has 0 saturated carbocycles. The molecule has 3 heterocycles. The van der Waals surface area contributed by atoms with Crippen LogP contribution >= 0.6 is 0 Å². The van der Waals surface area contributed by atoms with Crippen molar-refractivity contribution in [3.05, 3.63) is 35.4 Å². The number of nitrogens with zero attached hydrogens (tertiary/aromatic N) is 1. The van der Waals surface area contributed by atoms with Crippen molar-refractivity contribution < 1.29 is 9.90 Å². The highest BCUT2D eigenvalue weighted by Crippen LogP contribution is 2.43. The zero-order valence-corrected chi connectivity index (χ0v) is 9.85. The van der Waals surface area contributed by atoms with Crippen LogP contribution in [-0.4, -0.2) is 29.1 Å². The number of carbonyl (C=O) groups is 1. The molecule has 1 aromatic rings. The lowest BCUT2D eigenvalue weighted by molar-refractivity contribution is -0.139. The van der Waals surface area contributed by atoms with Gasteiger partial charge >= 0.3 is 5.97 Å². The van der Waals surface area contributed by atoms with Gasteiger partial charge in [-0.25, -0.2) is 0 Å². The van der Waals surface area contributed by atoms with Crippen molar-refractivity contribution in [2.45, 2.75) is 31.2 Å². The molecule has 0 amide bonds. The van der Waals surface area contributed by atoms with E-state index in [1.54, 1.807) is 0 Å².